The van der Waals surface area contributed by atoms with Crippen molar-refractivity contribution >= 4 is 22.6 Å². The van der Waals surface area contributed by atoms with Gasteiger partial charge < -0.3 is 5.32 Å². The summed E-state index contributed by atoms with van der Waals surface area (Å²) in [5.41, 5.74) is 3.33. The van der Waals surface area contributed by atoms with Crippen LogP contribution in [0.4, 0.5) is 5.82 Å². The van der Waals surface area contributed by atoms with Crippen molar-refractivity contribution in [3.05, 3.63) is 59.7 Å². The van der Waals surface area contributed by atoms with Gasteiger partial charge in [0.25, 0.3) is 0 Å². The van der Waals surface area contributed by atoms with Crippen molar-refractivity contribution in [2.24, 2.45) is 13.0 Å². The predicted octanol–water partition coefficient (Wildman–Crippen LogP) is 4.51. The number of fused-ring (bicyclic) bond motifs is 1. The second-order valence-corrected chi connectivity index (χ2v) is 7.04. The number of amides is 1. The number of benzene rings is 2. The Morgan fingerprint density at radius 3 is 2.44 bits per heavy atom. The summed E-state index contributed by atoms with van der Waals surface area (Å²) >= 11 is 0. The molecule has 1 heterocycles. The maximum absolute atomic E-state index is 12.7. The van der Waals surface area contributed by atoms with E-state index < -0.39 is 0 Å². The van der Waals surface area contributed by atoms with Crippen LogP contribution in [0.3, 0.4) is 0 Å². The van der Waals surface area contributed by atoms with Crippen molar-refractivity contribution in [2.75, 3.05) is 5.32 Å². The average Bonchev–Trinajstić information content (AvgIpc) is 2.91. The van der Waals surface area contributed by atoms with Crippen LogP contribution in [0, 0.1) is 5.92 Å². The molecule has 1 N–H and O–H groups in total. The van der Waals surface area contributed by atoms with Gasteiger partial charge in [0.15, 0.2) is 5.82 Å². The Kier molecular flexibility index (Phi) is 4.88. The fourth-order valence-electron chi connectivity index (χ4n) is 3.10. The smallest absolute Gasteiger partial charge is 0.232 e. The lowest BCUT2D eigenvalue weighted by Crippen LogP contribution is -2.19. The molecule has 0 saturated carbocycles. The Morgan fingerprint density at radius 2 is 1.76 bits per heavy atom. The van der Waals surface area contributed by atoms with Crippen LogP contribution in [0.25, 0.3) is 10.9 Å². The number of hydrogen-bond acceptors (Lipinski definition) is 2. The van der Waals surface area contributed by atoms with E-state index in [1.54, 1.807) is 4.68 Å². The van der Waals surface area contributed by atoms with Gasteiger partial charge in [0.1, 0.15) is 0 Å². The van der Waals surface area contributed by atoms with E-state index in [4.69, 9.17) is 0 Å². The molecule has 130 valence electrons. The van der Waals surface area contributed by atoms with Gasteiger partial charge in [-0.15, -0.1) is 0 Å². The first-order valence-corrected chi connectivity index (χ1v) is 8.77. The van der Waals surface area contributed by atoms with Crippen LogP contribution in [0.2, 0.25) is 0 Å². The standard InChI is InChI=1S/C21H25N3O/c1-14(2)13-16-9-11-17(12-10-16)15(3)21(25)22-20-18-7-5-6-8-19(18)24(4)23-20/h5-12,14-15H,13H2,1-4H3,(H,22,23,25). The third-order valence-electron chi connectivity index (χ3n) is 4.52. The summed E-state index contributed by atoms with van der Waals surface area (Å²) in [4.78, 5) is 12.7. The molecule has 1 atom stereocenters. The molecule has 0 fully saturated rings. The fourth-order valence-corrected chi connectivity index (χ4v) is 3.10. The van der Waals surface area contributed by atoms with E-state index in [2.05, 4.69) is 48.5 Å². The minimum Gasteiger partial charge on any atom is -0.308 e. The molecule has 0 bridgehead atoms. The minimum atomic E-state index is -0.228. The molecule has 0 saturated heterocycles. The molecule has 1 aromatic heterocycles. The second kappa shape index (κ2) is 7.09. The number of hydrogen-bond donors (Lipinski definition) is 1. The molecule has 1 amide bonds. The zero-order valence-electron chi connectivity index (χ0n) is 15.3. The van der Waals surface area contributed by atoms with Crippen molar-refractivity contribution in [3.63, 3.8) is 0 Å². The van der Waals surface area contributed by atoms with Crippen molar-refractivity contribution in [3.8, 4) is 0 Å². The second-order valence-electron chi connectivity index (χ2n) is 7.04. The van der Waals surface area contributed by atoms with Gasteiger partial charge in [-0.25, -0.2) is 0 Å². The zero-order chi connectivity index (χ0) is 18.0. The molecule has 3 aromatic rings. The quantitative estimate of drug-likeness (QED) is 0.745. The molecule has 0 aliphatic carbocycles. The van der Waals surface area contributed by atoms with Gasteiger partial charge in [0, 0.05) is 12.4 Å². The molecule has 1 unspecified atom stereocenters. The SMILES string of the molecule is CC(C)Cc1ccc(C(C)C(=O)Nc2nn(C)c3ccccc23)cc1. The van der Waals surface area contributed by atoms with E-state index in [-0.39, 0.29) is 11.8 Å². The highest BCUT2D eigenvalue weighted by Crippen LogP contribution is 2.24. The largest absolute Gasteiger partial charge is 0.308 e. The summed E-state index contributed by atoms with van der Waals surface area (Å²) in [6.45, 7) is 6.35. The van der Waals surface area contributed by atoms with Gasteiger partial charge in [-0.05, 0) is 42.5 Å². The van der Waals surface area contributed by atoms with E-state index in [9.17, 15) is 4.79 Å². The minimum absolute atomic E-state index is 0.0412. The predicted molar refractivity (Wildman–Crippen MR) is 103 cm³/mol. The number of nitrogens with one attached hydrogen (secondary N) is 1. The van der Waals surface area contributed by atoms with E-state index in [1.807, 2.05) is 38.2 Å². The normalized spacial score (nSPS) is 12.5. The highest BCUT2D eigenvalue weighted by Gasteiger charge is 2.18. The van der Waals surface area contributed by atoms with Crippen LogP contribution in [0.15, 0.2) is 48.5 Å². The van der Waals surface area contributed by atoms with Crippen molar-refractivity contribution in [1.29, 1.82) is 0 Å². The zero-order valence-corrected chi connectivity index (χ0v) is 15.3. The van der Waals surface area contributed by atoms with E-state index in [0.717, 1.165) is 22.9 Å². The Balaban J connectivity index is 1.76. The van der Waals surface area contributed by atoms with Crippen LogP contribution >= 0.6 is 0 Å². The number of carbonyl (C=O) groups is 1. The van der Waals surface area contributed by atoms with E-state index in [0.29, 0.717) is 11.7 Å². The van der Waals surface area contributed by atoms with Crippen molar-refractivity contribution < 1.29 is 4.79 Å². The number of anilines is 1. The van der Waals surface area contributed by atoms with E-state index in [1.165, 1.54) is 5.56 Å². The molecular weight excluding hydrogens is 310 g/mol. The number of para-hydroxylation sites is 1. The average molecular weight is 335 g/mol. The molecule has 3 rings (SSSR count). The fraction of sp³-hybridized carbons (Fsp3) is 0.333. The Labute approximate surface area is 148 Å². The van der Waals surface area contributed by atoms with Gasteiger partial charge in [0.2, 0.25) is 5.91 Å². The van der Waals surface area contributed by atoms with Crippen LogP contribution in [0.1, 0.15) is 37.8 Å². The third kappa shape index (κ3) is 3.73. The molecule has 2 aromatic carbocycles. The number of aryl methyl sites for hydroxylation is 1. The molecule has 0 aliphatic rings. The summed E-state index contributed by atoms with van der Waals surface area (Å²) < 4.78 is 1.79. The highest BCUT2D eigenvalue weighted by molar-refractivity contribution is 6.02. The van der Waals surface area contributed by atoms with E-state index >= 15 is 0 Å². The monoisotopic (exact) mass is 335 g/mol. The molecular formula is C21H25N3O. The van der Waals surface area contributed by atoms with Gasteiger partial charge in [-0.3, -0.25) is 9.48 Å². The summed E-state index contributed by atoms with van der Waals surface area (Å²) in [5, 5.41) is 8.37. The first kappa shape index (κ1) is 17.2. The Hall–Kier alpha value is -2.62. The van der Waals surface area contributed by atoms with Crippen molar-refractivity contribution in [1.82, 2.24) is 9.78 Å². The molecule has 25 heavy (non-hydrogen) atoms. The van der Waals surface area contributed by atoms with Crippen LogP contribution in [-0.4, -0.2) is 15.7 Å². The summed E-state index contributed by atoms with van der Waals surface area (Å²) in [6, 6.07) is 16.2. The number of rotatable bonds is 5. The summed E-state index contributed by atoms with van der Waals surface area (Å²) in [5.74, 6) is 0.977. The lowest BCUT2D eigenvalue weighted by molar-refractivity contribution is -0.117. The topological polar surface area (TPSA) is 46.9 Å². The third-order valence-corrected chi connectivity index (χ3v) is 4.52. The number of aromatic nitrogens is 2. The van der Waals surface area contributed by atoms with Gasteiger partial charge in [-0.2, -0.15) is 5.10 Å². The Bertz CT molecular complexity index is 878. The van der Waals surface area contributed by atoms with Gasteiger partial charge >= 0.3 is 0 Å². The van der Waals surface area contributed by atoms with Crippen molar-refractivity contribution in [2.45, 2.75) is 33.1 Å². The maximum Gasteiger partial charge on any atom is 0.232 e. The number of carbonyl (C=O) groups excluding carboxylic acids is 1. The summed E-state index contributed by atoms with van der Waals surface area (Å²) in [7, 11) is 1.88. The first-order chi connectivity index (χ1) is 12.0. The molecule has 0 spiro atoms. The van der Waals surface area contributed by atoms with Gasteiger partial charge in [-0.1, -0.05) is 50.2 Å². The van der Waals surface area contributed by atoms with Crippen LogP contribution < -0.4 is 5.32 Å². The molecule has 4 heteroatoms. The highest BCUT2D eigenvalue weighted by atomic mass is 16.1. The molecule has 0 radical (unpaired) electrons. The van der Waals surface area contributed by atoms with Crippen LogP contribution in [-0.2, 0) is 18.3 Å². The molecule has 4 nitrogen and oxygen atoms in total. The Morgan fingerprint density at radius 1 is 1.08 bits per heavy atom. The van der Waals surface area contributed by atoms with Gasteiger partial charge in [0.05, 0.1) is 11.4 Å². The maximum atomic E-state index is 12.7. The lowest BCUT2D eigenvalue weighted by Gasteiger charge is -2.13. The first-order valence-electron chi connectivity index (χ1n) is 8.77. The molecule has 0 aliphatic heterocycles. The van der Waals surface area contributed by atoms with Crippen LogP contribution in [0.5, 0.6) is 0 Å². The summed E-state index contributed by atoms with van der Waals surface area (Å²) in [6.07, 6.45) is 1.06. The lowest BCUT2D eigenvalue weighted by atomic mass is 9.96. The number of nitrogens with zero attached hydrogens (tertiary/aromatic N) is 2.